The summed E-state index contributed by atoms with van der Waals surface area (Å²) in [7, 11) is 0. The first-order chi connectivity index (χ1) is 7.70. The van der Waals surface area contributed by atoms with Gasteiger partial charge in [-0.2, -0.15) is 0 Å². The molecule has 1 unspecified atom stereocenters. The van der Waals surface area contributed by atoms with Crippen LogP contribution in [0.5, 0.6) is 5.75 Å². The fourth-order valence-electron chi connectivity index (χ4n) is 1.68. The topological polar surface area (TPSA) is 55.5 Å². The first-order valence-corrected chi connectivity index (χ1v) is 5.53. The van der Waals surface area contributed by atoms with E-state index in [1.54, 1.807) is 6.07 Å². The average Bonchev–Trinajstić information content (AvgIpc) is 2.23. The van der Waals surface area contributed by atoms with E-state index in [1.165, 1.54) is 18.6 Å². The maximum absolute atomic E-state index is 13.1. The van der Waals surface area contributed by atoms with Gasteiger partial charge in [0.25, 0.3) is 0 Å². The molecule has 0 spiro atoms. The van der Waals surface area contributed by atoms with Crippen LogP contribution in [-0.2, 0) is 0 Å². The van der Waals surface area contributed by atoms with Crippen molar-refractivity contribution in [3.63, 3.8) is 0 Å². The Morgan fingerprint density at radius 3 is 2.81 bits per heavy atom. The van der Waals surface area contributed by atoms with Gasteiger partial charge >= 0.3 is 0 Å². The monoisotopic (exact) mass is 225 g/mol. The molecule has 1 aromatic carbocycles. The zero-order chi connectivity index (χ0) is 11.5. The molecule has 2 rings (SSSR count). The zero-order valence-electron chi connectivity index (χ0n) is 9.03. The van der Waals surface area contributed by atoms with Gasteiger partial charge in [-0.1, -0.05) is 0 Å². The maximum atomic E-state index is 13.1. The van der Waals surface area contributed by atoms with Gasteiger partial charge in [0.05, 0.1) is 18.8 Å². The number of benzene rings is 1. The first kappa shape index (κ1) is 11.4. The second-order valence-corrected chi connectivity index (χ2v) is 4.14. The SMILES string of the molecule is NC(CO)c1cc(F)ccc1OC1CCC1. The number of nitrogens with two attached hydrogens (primary N) is 1. The van der Waals surface area contributed by atoms with E-state index in [0.29, 0.717) is 11.3 Å². The zero-order valence-corrected chi connectivity index (χ0v) is 9.03. The second-order valence-electron chi connectivity index (χ2n) is 4.14. The minimum absolute atomic E-state index is 0.218. The van der Waals surface area contributed by atoms with Gasteiger partial charge in [0, 0.05) is 5.56 Å². The van der Waals surface area contributed by atoms with Crippen LogP contribution in [0.15, 0.2) is 18.2 Å². The van der Waals surface area contributed by atoms with Gasteiger partial charge in [0.15, 0.2) is 0 Å². The van der Waals surface area contributed by atoms with Crippen LogP contribution in [0.3, 0.4) is 0 Å². The van der Waals surface area contributed by atoms with Gasteiger partial charge in [-0.25, -0.2) is 4.39 Å². The Hall–Kier alpha value is -1.13. The number of ether oxygens (including phenoxy) is 1. The standard InChI is InChI=1S/C12H16FNO2/c13-8-4-5-12(16-9-2-1-3-9)10(6-8)11(14)7-15/h4-6,9,11,15H,1-3,7,14H2. The van der Waals surface area contributed by atoms with Crippen molar-refractivity contribution >= 4 is 0 Å². The van der Waals surface area contributed by atoms with Crippen molar-refractivity contribution in [2.45, 2.75) is 31.4 Å². The fourth-order valence-corrected chi connectivity index (χ4v) is 1.68. The highest BCUT2D eigenvalue weighted by Crippen LogP contribution is 2.30. The molecule has 1 aliphatic rings. The number of aliphatic hydroxyl groups is 1. The summed E-state index contributed by atoms with van der Waals surface area (Å²) in [5.41, 5.74) is 6.24. The van der Waals surface area contributed by atoms with Crippen LogP contribution in [0.25, 0.3) is 0 Å². The highest BCUT2D eigenvalue weighted by atomic mass is 19.1. The summed E-state index contributed by atoms with van der Waals surface area (Å²) >= 11 is 0. The molecule has 0 bridgehead atoms. The maximum Gasteiger partial charge on any atom is 0.124 e. The Kier molecular flexibility index (Phi) is 3.41. The van der Waals surface area contributed by atoms with Crippen molar-refractivity contribution in [1.82, 2.24) is 0 Å². The smallest absolute Gasteiger partial charge is 0.124 e. The Balaban J connectivity index is 2.20. The van der Waals surface area contributed by atoms with E-state index in [0.717, 1.165) is 12.8 Å². The predicted octanol–water partition coefficient (Wildman–Crippen LogP) is 1.75. The molecule has 16 heavy (non-hydrogen) atoms. The Morgan fingerprint density at radius 2 is 2.25 bits per heavy atom. The van der Waals surface area contributed by atoms with Crippen molar-refractivity contribution in [2.75, 3.05) is 6.61 Å². The molecule has 0 saturated heterocycles. The summed E-state index contributed by atoms with van der Waals surface area (Å²) in [5.74, 6) is 0.229. The lowest BCUT2D eigenvalue weighted by molar-refractivity contribution is 0.117. The molecule has 3 nitrogen and oxygen atoms in total. The van der Waals surface area contributed by atoms with E-state index < -0.39 is 6.04 Å². The molecule has 3 N–H and O–H groups in total. The van der Waals surface area contributed by atoms with E-state index >= 15 is 0 Å². The molecule has 1 aliphatic carbocycles. The molecule has 0 amide bonds. The third-order valence-electron chi connectivity index (χ3n) is 2.91. The molecule has 1 aromatic rings. The Morgan fingerprint density at radius 1 is 1.50 bits per heavy atom. The highest BCUT2D eigenvalue weighted by molar-refractivity contribution is 5.36. The molecule has 0 aromatic heterocycles. The van der Waals surface area contributed by atoms with E-state index in [2.05, 4.69) is 0 Å². The van der Waals surface area contributed by atoms with Crippen LogP contribution in [0.2, 0.25) is 0 Å². The number of rotatable bonds is 4. The van der Waals surface area contributed by atoms with Crippen molar-refractivity contribution in [3.05, 3.63) is 29.6 Å². The van der Waals surface area contributed by atoms with Crippen molar-refractivity contribution in [1.29, 1.82) is 0 Å². The number of hydrogen-bond acceptors (Lipinski definition) is 3. The number of hydrogen-bond donors (Lipinski definition) is 2. The van der Waals surface area contributed by atoms with E-state index in [4.69, 9.17) is 15.6 Å². The van der Waals surface area contributed by atoms with Crippen LogP contribution >= 0.6 is 0 Å². The highest BCUT2D eigenvalue weighted by Gasteiger charge is 2.21. The Labute approximate surface area is 94.0 Å². The predicted molar refractivity (Wildman–Crippen MR) is 58.7 cm³/mol. The summed E-state index contributed by atoms with van der Waals surface area (Å²) in [5, 5.41) is 9.01. The molecular weight excluding hydrogens is 209 g/mol. The van der Waals surface area contributed by atoms with Crippen molar-refractivity contribution in [3.8, 4) is 5.75 Å². The average molecular weight is 225 g/mol. The van der Waals surface area contributed by atoms with Crippen LogP contribution in [0.4, 0.5) is 4.39 Å². The van der Waals surface area contributed by atoms with Crippen LogP contribution in [-0.4, -0.2) is 17.8 Å². The van der Waals surface area contributed by atoms with Gasteiger partial charge in [-0.05, 0) is 37.5 Å². The van der Waals surface area contributed by atoms with Crippen molar-refractivity contribution in [2.24, 2.45) is 5.73 Å². The third-order valence-corrected chi connectivity index (χ3v) is 2.91. The van der Waals surface area contributed by atoms with E-state index in [9.17, 15) is 4.39 Å². The number of halogens is 1. The summed E-state index contributed by atoms with van der Waals surface area (Å²) in [6.45, 7) is -0.218. The first-order valence-electron chi connectivity index (χ1n) is 5.53. The van der Waals surface area contributed by atoms with Gasteiger partial charge in [-0.15, -0.1) is 0 Å². The van der Waals surface area contributed by atoms with E-state index in [1.807, 2.05) is 0 Å². The molecule has 0 aliphatic heterocycles. The van der Waals surface area contributed by atoms with E-state index in [-0.39, 0.29) is 18.5 Å². The fraction of sp³-hybridized carbons (Fsp3) is 0.500. The molecule has 88 valence electrons. The molecular formula is C12H16FNO2. The minimum atomic E-state index is -0.592. The molecule has 1 atom stereocenters. The summed E-state index contributed by atoms with van der Waals surface area (Å²) in [4.78, 5) is 0. The molecule has 1 fully saturated rings. The largest absolute Gasteiger partial charge is 0.490 e. The summed E-state index contributed by atoms with van der Waals surface area (Å²) in [6, 6.07) is 3.67. The lowest BCUT2D eigenvalue weighted by atomic mass is 9.96. The van der Waals surface area contributed by atoms with Gasteiger partial charge in [-0.3, -0.25) is 0 Å². The van der Waals surface area contributed by atoms with Crippen LogP contribution in [0.1, 0.15) is 30.9 Å². The van der Waals surface area contributed by atoms with Gasteiger partial charge in [0.1, 0.15) is 11.6 Å². The molecule has 4 heteroatoms. The quantitative estimate of drug-likeness (QED) is 0.820. The van der Waals surface area contributed by atoms with Crippen LogP contribution < -0.4 is 10.5 Å². The van der Waals surface area contributed by atoms with Gasteiger partial charge < -0.3 is 15.6 Å². The summed E-state index contributed by atoms with van der Waals surface area (Å²) < 4.78 is 18.8. The molecule has 1 saturated carbocycles. The molecule has 0 radical (unpaired) electrons. The molecule has 0 heterocycles. The number of aliphatic hydroxyl groups excluding tert-OH is 1. The third kappa shape index (κ3) is 2.33. The summed E-state index contributed by atoms with van der Waals surface area (Å²) in [6.07, 6.45) is 3.46. The second kappa shape index (κ2) is 4.80. The Bertz CT molecular complexity index is 366. The van der Waals surface area contributed by atoms with Crippen molar-refractivity contribution < 1.29 is 14.2 Å². The van der Waals surface area contributed by atoms with Crippen LogP contribution in [0, 0.1) is 5.82 Å². The lowest BCUT2D eigenvalue weighted by Crippen LogP contribution is -2.26. The lowest BCUT2D eigenvalue weighted by Gasteiger charge is -2.28. The normalized spacial score (nSPS) is 17.9. The van der Waals surface area contributed by atoms with Gasteiger partial charge in [0.2, 0.25) is 0 Å². The minimum Gasteiger partial charge on any atom is -0.490 e.